The zero-order valence-electron chi connectivity index (χ0n) is 14.4. The molecule has 1 N–H and O–H groups in total. The number of carbonyl (C=O) groups is 2. The third-order valence-electron chi connectivity index (χ3n) is 4.20. The van der Waals surface area contributed by atoms with Crippen molar-refractivity contribution in [1.29, 1.82) is 0 Å². The van der Waals surface area contributed by atoms with Gasteiger partial charge >= 0.3 is 0 Å². The molecule has 1 saturated heterocycles. The van der Waals surface area contributed by atoms with Crippen LogP contribution in [0.25, 0.3) is 0 Å². The summed E-state index contributed by atoms with van der Waals surface area (Å²) in [5.41, 5.74) is 2.99. The van der Waals surface area contributed by atoms with Crippen LogP contribution in [0.2, 0.25) is 0 Å². The minimum absolute atomic E-state index is 0.0345. The maximum Gasteiger partial charge on any atom is 0.255 e. The molecule has 0 aromatic carbocycles. The van der Waals surface area contributed by atoms with Gasteiger partial charge in [0.25, 0.3) is 5.91 Å². The first kappa shape index (κ1) is 17.0. The molecule has 1 aliphatic rings. The van der Waals surface area contributed by atoms with Crippen LogP contribution in [0.15, 0.2) is 30.9 Å². The van der Waals surface area contributed by atoms with Crippen LogP contribution in [0.3, 0.4) is 0 Å². The molecule has 0 aliphatic carbocycles. The number of likely N-dealkylation sites (tertiary alicyclic amines) is 1. The van der Waals surface area contributed by atoms with Gasteiger partial charge in [-0.05, 0) is 31.4 Å². The number of pyridine rings is 1. The fourth-order valence-electron chi connectivity index (χ4n) is 3.04. The van der Waals surface area contributed by atoms with Crippen LogP contribution < -0.4 is 5.32 Å². The van der Waals surface area contributed by atoms with Crippen LogP contribution in [0, 0.1) is 6.92 Å². The van der Waals surface area contributed by atoms with E-state index >= 15 is 0 Å². The second-order valence-corrected chi connectivity index (χ2v) is 6.25. The largest absolute Gasteiger partial charge is 0.351 e. The molecule has 1 aliphatic heterocycles. The molecular formula is C18H21N5O2. The number of aryl methyl sites for hydroxylation is 1. The number of amides is 2. The fourth-order valence-corrected chi connectivity index (χ4v) is 3.04. The van der Waals surface area contributed by atoms with Crippen molar-refractivity contribution in [1.82, 2.24) is 25.2 Å². The number of aromatic nitrogens is 3. The summed E-state index contributed by atoms with van der Waals surface area (Å²) in [4.78, 5) is 38.7. The van der Waals surface area contributed by atoms with E-state index < -0.39 is 0 Å². The van der Waals surface area contributed by atoms with Crippen LogP contribution >= 0.6 is 0 Å². The third kappa shape index (κ3) is 3.99. The average molecular weight is 339 g/mol. The Hall–Kier alpha value is -2.83. The first-order chi connectivity index (χ1) is 12.0. The van der Waals surface area contributed by atoms with Crippen molar-refractivity contribution in [2.75, 3.05) is 6.54 Å². The highest BCUT2D eigenvalue weighted by Gasteiger charge is 2.32. The topological polar surface area (TPSA) is 88.1 Å². The summed E-state index contributed by atoms with van der Waals surface area (Å²) in [7, 11) is 0. The van der Waals surface area contributed by atoms with Gasteiger partial charge in [-0.3, -0.25) is 24.5 Å². The second-order valence-electron chi connectivity index (χ2n) is 6.25. The molecule has 0 bridgehead atoms. The van der Waals surface area contributed by atoms with Gasteiger partial charge in [-0.1, -0.05) is 0 Å². The van der Waals surface area contributed by atoms with Crippen molar-refractivity contribution in [2.45, 2.75) is 39.3 Å². The molecule has 7 nitrogen and oxygen atoms in total. The monoisotopic (exact) mass is 339 g/mol. The molecule has 1 fully saturated rings. The lowest BCUT2D eigenvalue weighted by atomic mass is 10.1. The van der Waals surface area contributed by atoms with E-state index in [1.165, 1.54) is 6.92 Å². The van der Waals surface area contributed by atoms with Gasteiger partial charge in [-0.2, -0.15) is 0 Å². The Bertz CT molecular complexity index is 793. The highest BCUT2D eigenvalue weighted by Crippen LogP contribution is 2.31. The number of hydrogen-bond donors (Lipinski definition) is 1. The Morgan fingerprint density at radius 2 is 2.04 bits per heavy atom. The van der Waals surface area contributed by atoms with Gasteiger partial charge in [0, 0.05) is 25.9 Å². The van der Waals surface area contributed by atoms with Gasteiger partial charge in [0.15, 0.2) is 0 Å². The lowest BCUT2D eigenvalue weighted by molar-refractivity contribution is -0.119. The lowest BCUT2D eigenvalue weighted by Crippen LogP contribution is -2.31. The first-order valence-electron chi connectivity index (χ1n) is 8.32. The standard InChI is InChI=1S/C18H21N5O2/c1-12-6-14(8-19-7-12)18(25)23-5-3-4-17(23)16-11-20-9-15(22-16)10-21-13(2)24/h6-9,11,17H,3-5,10H2,1-2H3,(H,21,24)/t17-/m1/s1. The predicted octanol–water partition coefficient (Wildman–Crippen LogP) is 1.79. The number of nitrogens with one attached hydrogen (secondary N) is 1. The Labute approximate surface area is 146 Å². The fraction of sp³-hybridized carbons (Fsp3) is 0.389. The molecule has 2 amide bonds. The molecule has 1 atom stereocenters. The molecule has 3 heterocycles. The molecule has 3 rings (SSSR count). The van der Waals surface area contributed by atoms with Crippen molar-refractivity contribution >= 4 is 11.8 Å². The maximum atomic E-state index is 12.9. The summed E-state index contributed by atoms with van der Waals surface area (Å²) in [6.07, 6.45) is 8.43. The van der Waals surface area contributed by atoms with Crippen LogP contribution in [0.5, 0.6) is 0 Å². The molecule has 2 aromatic heterocycles. The van der Waals surface area contributed by atoms with Crippen LogP contribution in [-0.4, -0.2) is 38.2 Å². The van der Waals surface area contributed by atoms with Crippen molar-refractivity contribution in [3.63, 3.8) is 0 Å². The minimum atomic E-state index is -0.114. The van der Waals surface area contributed by atoms with E-state index in [0.29, 0.717) is 24.3 Å². The van der Waals surface area contributed by atoms with E-state index in [4.69, 9.17) is 0 Å². The molecule has 2 aromatic rings. The average Bonchev–Trinajstić information content (AvgIpc) is 3.09. The summed E-state index contributed by atoms with van der Waals surface area (Å²) in [6, 6.07) is 1.75. The Morgan fingerprint density at radius 1 is 1.24 bits per heavy atom. The van der Waals surface area contributed by atoms with Crippen molar-refractivity contribution < 1.29 is 9.59 Å². The van der Waals surface area contributed by atoms with Gasteiger partial charge in [0.1, 0.15) is 0 Å². The van der Waals surface area contributed by atoms with Crippen LogP contribution in [0.1, 0.15) is 53.1 Å². The van der Waals surface area contributed by atoms with Crippen LogP contribution in [-0.2, 0) is 11.3 Å². The summed E-state index contributed by atoms with van der Waals surface area (Å²) >= 11 is 0. The van der Waals surface area contributed by atoms with Gasteiger partial charge in [-0.15, -0.1) is 0 Å². The maximum absolute atomic E-state index is 12.9. The first-order valence-corrected chi connectivity index (χ1v) is 8.32. The Balaban J connectivity index is 1.80. The molecule has 0 unspecified atom stereocenters. The molecule has 0 spiro atoms. The normalized spacial score (nSPS) is 16.7. The number of nitrogens with zero attached hydrogens (tertiary/aromatic N) is 4. The van der Waals surface area contributed by atoms with E-state index in [-0.39, 0.29) is 17.9 Å². The van der Waals surface area contributed by atoms with E-state index in [9.17, 15) is 9.59 Å². The summed E-state index contributed by atoms with van der Waals surface area (Å²) in [5.74, 6) is -0.149. The third-order valence-corrected chi connectivity index (χ3v) is 4.20. The minimum Gasteiger partial charge on any atom is -0.351 e. The molecule has 25 heavy (non-hydrogen) atoms. The van der Waals surface area contributed by atoms with E-state index in [1.54, 1.807) is 24.8 Å². The van der Waals surface area contributed by atoms with E-state index in [2.05, 4.69) is 20.3 Å². The van der Waals surface area contributed by atoms with E-state index in [0.717, 1.165) is 24.1 Å². The molecule has 7 heteroatoms. The van der Waals surface area contributed by atoms with Gasteiger partial charge in [0.2, 0.25) is 5.91 Å². The SMILES string of the molecule is CC(=O)NCc1cncc([C@H]2CCCN2C(=O)c2cncc(C)c2)n1. The second kappa shape index (κ2) is 7.38. The molecule has 130 valence electrons. The Morgan fingerprint density at radius 3 is 2.80 bits per heavy atom. The summed E-state index contributed by atoms with van der Waals surface area (Å²) in [6.45, 7) is 4.40. The predicted molar refractivity (Wildman–Crippen MR) is 91.5 cm³/mol. The molecular weight excluding hydrogens is 318 g/mol. The summed E-state index contributed by atoms with van der Waals surface area (Å²) < 4.78 is 0. The zero-order valence-corrected chi connectivity index (χ0v) is 14.4. The van der Waals surface area contributed by atoms with Crippen LogP contribution in [0.4, 0.5) is 0 Å². The number of carbonyl (C=O) groups excluding carboxylic acids is 2. The summed E-state index contributed by atoms with van der Waals surface area (Å²) in [5, 5.41) is 2.72. The Kier molecular flexibility index (Phi) is 5.02. The highest BCUT2D eigenvalue weighted by atomic mass is 16.2. The van der Waals surface area contributed by atoms with Gasteiger partial charge in [-0.25, -0.2) is 0 Å². The smallest absolute Gasteiger partial charge is 0.255 e. The number of hydrogen-bond acceptors (Lipinski definition) is 5. The zero-order chi connectivity index (χ0) is 17.8. The van der Waals surface area contributed by atoms with Crippen molar-refractivity contribution in [3.8, 4) is 0 Å². The quantitative estimate of drug-likeness (QED) is 0.917. The highest BCUT2D eigenvalue weighted by molar-refractivity contribution is 5.94. The lowest BCUT2D eigenvalue weighted by Gasteiger charge is -2.24. The van der Waals surface area contributed by atoms with E-state index in [1.807, 2.05) is 17.9 Å². The number of rotatable bonds is 4. The van der Waals surface area contributed by atoms with Gasteiger partial charge in [0.05, 0.1) is 41.9 Å². The van der Waals surface area contributed by atoms with Gasteiger partial charge < -0.3 is 10.2 Å². The molecule has 0 saturated carbocycles. The van der Waals surface area contributed by atoms with Crippen molar-refractivity contribution in [2.24, 2.45) is 0 Å². The molecule has 0 radical (unpaired) electrons. The van der Waals surface area contributed by atoms with Crippen molar-refractivity contribution in [3.05, 3.63) is 53.4 Å².